The van der Waals surface area contributed by atoms with Crippen LogP contribution in [-0.4, -0.2) is 61.6 Å². The Bertz CT molecular complexity index is 1450. The van der Waals surface area contributed by atoms with E-state index in [2.05, 4.69) is 11.6 Å². The monoisotopic (exact) mass is 587 g/mol. The minimum Gasteiger partial charge on any atom is -0.859 e. The number of anilines is 1. The van der Waals surface area contributed by atoms with Crippen LogP contribution < -0.4 is 114 Å². The van der Waals surface area contributed by atoms with E-state index in [4.69, 9.17) is 5.73 Å². The SMILES string of the molecule is C=CC([O-])=NCCCCCN1C(=O)c2cc(S(=O)(=O)[O-])cc3c(N)c(S(=O)(=O)O)cc(c23)C1=O.[K+].[K+]. The number of hydrogen-bond acceptors (Lipinski definition) is 10. The molecule has 1 aliphatic heterocycles. The number of carbonyl (C=O) groups excluding carboxylic acids is 2. The minimum atomic E-state index is -5.09. The molecule has 0 unspecified atom stereocenters. The van der Waals surface area contributed by atoms with Gasteiger partial charge >= 0.3 is 103 Å². The van der Waals surface area contributed by atoms with Crippen LogP contribution in [0.25, 0.3) is 10.8 Å². The molecule has 0 aliphatic carbocycles. The number of carbonyl (C=O) groups is 2. The minimum absolute atomic E-state index is 0. The Kier molecular flexibility index (Phi) is 12.6. The fourth-order valence-corrected chi connectivity index (χ4v) is 4.80. The smallest absolute Gasteiger partial charge is 0.859 e. The number of rotatable bonds is 9. The Labute approximate surface area is 292 Å². The number of nitrogens with two attached hydrogens (primary N) is 1. The van der Waals surface area contributed by atoms with Crippen molar-refractivity contribution < 1.29 is 143 Å². The third-order valence-electron chi connectivity index (χ3n) is 5.21. The van der Waals surface area contributed by atoms with E-state index in [1.54, 1.807) is 0 Å². The zero-order valence-electron chi connectivity index (χ0n) is 19.6. The zero-order valence-corrected chi connectivity index (χ0v) is 27.4. The van der Waals surface area contributed by atoms with Gasteiger partial charge in [-0.2, -0.15) is 8.42 Å². The molecule has 2 aromatic rings. The third-order valence-corrected chi connectivity index (χ3v) is 6.92. The van der Waals surface area contributed by atoms with Gasteiger partial charge in [0.25, 0.3) is 21.9 Å². The van der Waals surface area contributed by atoms with Gasteiger partial charge in [-0.25, -0.2) is 8.42 Å². The molecule has 0 radical (unpaired) electrons. The van der Waals surface area contributed by atoms with Crippen LogP contribution in [0.3, 0.4) is 0 Å². The van der Waals surface area contributed by atoms with Crippen molar-refractivity contribution in [1.82, 2.24) is 4.90 Å². The van der Waals surface area contributed by atoms with E-state index in [1.807, 2.05) is 0 Å². The van der Waals surface area contributed by atoms with E-state index in [0.717, 1.165) is 29.2 Å². The zero-order chi connectivity index (χ0) is 25.4. The average molecular weight is 588 g/mol. The fourth-order valence-electron chi connectivity index (χ4n) is 3.63. The van der Waals surface area contributed by atoms with E-state index in [1.165, 1.54) is 0 Å². The number of nitrogen functional groups attached to an aromatic ring is 1. The summed E-state index contributed by atoms with van der Waals surface area (Å²) in [6, 6.07) is 2.38. The molecule has 0 saturated carbocycles. The molecular weight excluding hydrogens is 569 g/mol. The summed E-state index contributed by atoms with van der Waals surface area (Å²) >= 11 is 0. The Balaban J connectivity index is 0.00000324. The molecule has 0 aromatic heterocycles. The number of amides is 2. The number of unbranched alkanes of at least 4 members (excludes halogenated alkanes) is 2. The van der Waals surface area contributed by atoms with Crippen molar-refractivity contribution in [3.63, 3.8) is 0 Å². The average Bonchev–Trinajstić information content (AvgIpc) is 2.75. The standard InChI is InChI=1S/C20H21N3O9S2.2K/c1-2-16(24)22-6-4-3-5-7-23-19(25)13-9-11(33(27,28)29)8-12-17(13)14(20(23)26)10-15(18(12)21)34(30,31)32;;/h2,8-10H,1,3-7,21H2,(H,22,24)(H,27,28,29)(H,30,31,32);;/q;2*+1/p-2. The second-order valence-electron chi connectivity index (χ2n) is 7.41. The maximum Gasteiger partial charge on any atom is 1.00 e. The molecular formula is C20H19K2N3O9S2. The Hall–Kier alpha value is -0.0573. The molecule has 0 fully saturated rings. The molecule has 3 rings (SSSR count). The van der Waals surface area contributed by atoms with Crippen molar-refractivity contribution in [3.05, 3.63) is 42.0 Å². The first-order chi connectivity index (χ1) is 15.8. The molecule has 3 N–H and O–H groups in total. The van der Waals surface area contributed by atoms with E-state index in [0.29, 0.717) is 19.3 Å². The molecule has 0 atom stereocenters. The van der Waals surface area contributed by atoms with E-state index in [-0.39, 0.29) is 138 Å². The Morgan fingerprint density at radius 1 is 1.06 bits per heavy atom. The number of imide groups is 1. The summed E-state index contributed by atoms with van der Waals surface area (Å²) in [7, 11) is -10.0. The summed E-state index contributed by atoms with van der Waals surface area (Å²) in [4.78, 5) is 28.9. The molecule has 0 spiro atoms. The van der Waals surface area contributed by atoms with Gasteiger partial charge in [-0.1, -0.05) is 12.7 Å². The summed E-state index contributed by atoms with van der Waals surface area (Å²) < 4.78 is 68.1. The second-order valence-corrected chi connectivity index (χ2v) is 10.2. The first-order valence-electron chi connectivity index (χ1n) is 9.81. The van der Waals surface area contributed by atoms with Crippen molar-refractivity contribution in [1.29, 1.82) is 0 Å². The second kappa shape index (κ2) is 13.3. The van der Waals surface area contributed by atoms with E-state index >= 15 is 0 Å². The van der Waals surface area contributed by atoms with Crippen molar-refractivity contribution in [2.75, 3.05) is 18.8 Å². The molecule has 36 heavy (non-hydrogen) atoms. The van der Waals surface area contributed by atoms with Crippen LogP contribution in [0.2, 0.25) is 0 Å². The predicted molar refractivity (Wildman–Crippen MR) is 118 cm³/mol. The fraction of sp³-hybridized carbons (Fsp3) is 0.250. The van der Waals surface area contributed by atoms with Gasteiger partial charge in [0.1, 0.15) is 15.0 Å². The molecule has 1 heterocycles. The molecule has 0 saturated heterocycles. The van der Waals surface area contributed by atoms with Gasteiger partial charge in [0, 0.05) is 29.4 Å². The van der Waals surface area contributed by atoms with Gasteiger partial charge in [0.2, 0.25) is 0 Å². The van der Waals surface area contributed by atoms with Crippen molar-refractivity contribution in [3.8, 4) is 0 Å². The molecule has 1 aliphatic rings. The number of benzene rings is 2. The Morgan fingerprint density at radius 3 is 2.17 bits per heavy atom. The number of hydrogen-bond donors (Lipinski definition) is 2. The van der Waals surface area contributed by atoms with Gasteiger partial charge in [-0.3, -0.25) is 19.0 Å². The number of aliphatic imine (C=N–C) groups is 1. The maximum absolute atomic E-state index is 13.1. The van der Waals surface area contributed by atoms with Gasteiger partial charge in [0.05, 0.1) is 16.1 Å². The van der Waals surface area contributed by atoms with Crippen LogP contribution in [0.1, 0.15) is 40.0 Å². The van der Waals surface area contributed by atoms with Gasteiger partial charge in [-0.15, -0.1) is 0 Å². The Morgan fingerprint density at radius 2 is 1.64 bits per heavy atom. The van der Waals surface area contributed by atoms with Crippen LogP contribution in [0, 0.1) is 0 Å². The molecule has 2 aromatic carbocycles. The topological polar surface area (TPSA) is 210 Å². The molecule has 0 bridgehead atoms. The maximum atomic E-state index is 13.1. The largest absolute Gasteiger partial charge is 1.00 e. The predicted octanol–water partition coefficient (Wildman–Crippen LogP) is -5.71. The van der Waals surface area contributed by atoms with Gasteiger partial charge in [-0.05, 0) is 43.4 Å². The van der Waals surface area contributed by atoms with Crippen LogP contribution in [0.5, 0.6) is 0 Å². The summed E-state index contributed by atoms with van der Waals surface area (Å²) in [5.41, 5.74) is 4.58. The first kappa shape index (κ1) is 34.0. The molecule has 2 amide bonds. The van der Waals surface area contributed by atoms with Gasteiger partial charge in [0.15, 0.2) is 0 Å². The van der Waals surface area contributed by atoms with Crippen molar-refractivity contribution in [2.45, 2.75) is 29.1 Å². The normalized spacial score (nSPS) is 13.8. The molecule has 12 nitrogen and oxygen atoms in total. The van der Waals surface area contributed by atoms with E-state index < -0.39 is 53.4 Å². The van der Waals surface area contributed by atoms with Crippen molar-refractivity contribution >= 4 is 54.4 Å². The van der Waals surface area contributed by atoms with Crippen LogP contribution in [-0.2, 0) is 20.2 Å². The van der Waals surface area contributed by atoms with Crippen molar-refractivity contribution in [2.24, 2.45) is 4.99 Å². The van der Waals surface area contributed by atoms with Crippen LogP contribution >= 0.6 is 0 Å². The van der Waals surface area contributed by atoms with Crippen LogP contribution in [0.15, 0.2) is 45.6 Å². The summed E-state index contributed by atoms with van der Waals surface area (Å²) in [6.45, 7) is 3.39. The third kappa shape index (κ3) is 7.32. The summed E-state index contributed by atoms with van der Waals surface area (Å²) in [6.07, 6.45) is 2.31. The molecule has 16 heteroatoms. The quantitative estimate of drug-likeness (QED) is 0.0540. The first-order valence-corrected chi connectivity index (χ1v) is 12.7. The number of nitrogens with zero attached hydrogens (tertiary/aromatic N) is 2. The van der Waals surface area contributed by atoms with Crippen LogP contribution in [0.4, 0.5) is 5.69 Å². The summed E-state index contributed by atoms with van der Waals surface area (Å²) in [5.74, 6) is -2.24. The summed E-state index contributed by atoms with van der Waals surface area (Å²) in [5, 5.41) is 10.6. The van der Waals surface area contributed by atoms with Gasteiger partial charge < -0.3 is 20.4 Å². The molecule has 182 valence electrons. The van der Waals surface area contributed by atoms with E-state index in [9.17, 15) is 40.6 Å².